The van der Waals surface area contributed by atoms with E-state index in [2.05, 4.69) is 32.4 Å². The molecule has 74 valence electrons. The molecular formula is C10H18N2O. The van der Waals surface area contributed by atoms with Crippen LogP contribution in [0.3, 0.4) is 0 Å². The lowest BCUT2D eigenvalue weighted by Crippen LogP contribution is -2.57. The zero-order valence-corrected chi connectivity index (χ0v) is 8.66. The van der Waals surface area contributed by atoms with Gasteiger partial charge in [-0.25, -0.2) is 0 Å². The van der Waals surface area contributed by atoms with Crippen LogP contribution < -0.4 is 0 Å². The van der Waals surface area contributed by atoms with Crippen LogP contribution in [0.25, 0.3) is 0 Å². The van der Waals surface area contributed by atoms with Crippen molar-refractivity contribution in [3.8, 4) is 0 Å². The van der Waals surface area contributed by atoms with Crippen LogP contribution >= 0.6 is 0 Å². The third-order valence-corrected chi connectivity index (χ3v) is 2.53. The summed E-state index contributed by atoms with van der Waals surface area (Å²) in [6.07, 6.45) is 1.40. The van der Waals surface area contributed by atoms with E-state index >= 15 is 0 Å². The lowest BCUT2D eigenvalue weighted by Gasteiger charge is -2.42. The molecule has 0 N–H and O–H groups in total. The van der Waals surface area contributed by atoms with Gasteiger partial charge < -0.3 is 9.80 Å². The number of amides is 1. The number of likely N-dealkylation sites (N-methyl/N-ethyl adjacent to an activating group) is 1. The van der Waals surface area contributed by atoms with Gasteiger partial charge in [0.05, 0.1) is 0 Å². The summed E-state index contributed by atoms with van der Waals surface area (Å²) in [5, 5.41) is 0. The Morgan fingerprint density at radius 1 is 1.38 bits per heavy atom. The number of nitrogens with zero attached hydrogens (tertiary/aromatic N) is 2. The number of carbonyl (C=O) groups excluding carboxylic acids is 1. The molecule has 1 heterocycles. The molecule has 2 atom stereocenters. The minimum Gasteiger partial charge on any atom is -0.331 e. The number of carbonyl (C=O) groups is 1. The summed E-state index contributed by atoms with van der Waals surface area (Å²) in [5.41, 5.74) is 0. The first kappa shape index (κ1) is 10.3. The van der Waals surface area contributed by atoms with Gasteiger partial charge in [0.15, 0.2) is 0 Å². The molecule has 3 nitrogen and oxygen atoms in total. The predicted molar refractivity (Wildman–Crippen MR) is 53.5 cm³/mol. The normalized spacial score (nSPS) is 30.2. The number of hydrogen-bond donors (Lipinski definition) is 0. The standard InChI is InChI=1S/C10H18N2O/c1-5-10(13)12-8(2)6-11(4)7-9(12)3/h5,8-9H,1,6-7H2,2-4H3. The van der Waals surface area contributed by atoms with Crippen molar-refractivity contribution in [3.05, 3.63) is 12.7 Å². The Morgan fingerprint density at radius 3 is 2.23 bits per heavy atom. The van der Waals surface area contributed by atoms with Crippen molar-refractivity contribution in [1.29, 1.82) is 0 Å². The molecule has 0 aromatic heterocycles. The molecule has 0 aromatic rings. The Morgan fingerprint density at radius 2 is 1.85 bits per heavy atom. The molecule has 1 amide bonds. The van der Waals surface area contributed by atoms with Gasteiger partial charge in [0.1, 0.15) is 0 Å². The van der Waals surface area contributed by atoms with Gasteiger partial charge in [0, 0.05) is 25.2 Å². The number of hydrogen-bond acceptors (Lipinski definition) is 2. The topological polar surface area (TPSA) is 23.6 Å². The maximum absolute atomic E-state index is 11.5. The van der Waals surface area contributed by atoms with E-state index in [4.69, 9.17) is 0 Å². The van der Waals surface area contributed by atoms with Gasteiger partial charge in [0.25, 0.3) is 0 Å². The van der Waals surface area contributed by atoms with E-state index in [1.54, 1.807) is 0 Å². The molecule has 1 rings (SSSR count). The van der Waals surface area contributed by atoms with Crippen LogP contribution in [-0.2, 0) is 4.79 Å². The van der Waals surface area contributed by atoms with Gasteiger partial charge in [-0.15, -0.1) is 0 Å². The Bertz CT molecular complexity index is 203. The minimum absolute atomic E-state index is 0.0492. The summed E-state index contributed by atoms with van der Waals surface area (Å²) < 4.78 is 0. The van der Waals surface area contributed by atoms with Crippen molar-refractivity contribution in [2.24, 2.45) is 0 Å². The van der Waals surface area contributed by atoms with Gasteiger partial charge in [0.2, 0.25) is 5.91 Å². The van der Waals surface area contributed by atoms with E-state index in [1.165, 1.54) is 6.08 Å². The van der Waals surface area contributed by atoms with E-state index in [1.807, 2.05) is 4.90 Å². The minimum atomic E-state index is 0.0492. The van der Waals surface area contributed by atoms with E-state index < -0.39 is 0 Å². The highest BCUT2D eigenvalue weighted by Crippen LogP contribution is 2.14. The molecule has 1 aliphatic heterocycles. The Kier molecular flexibility index (Phi) is 3.09. The maximum atomic E-state index is 11.5. The second-order valence-corrected chi connectivity index (χ2v) is 3.87. The van der Waals surface area contributed by atoms with Crippen molar-refractivity contribution < 1.29 is 4.79 Å². The van der Waals surface area contributed by atoms with Crippen LogP contribution in [0.15, 0.2) is 12.7 Å². The molecule has 13 heavy (non-hydrogen) atoms. The Labute approximate surface area is 80.0 Å². The molecule has 1 aliphatic rings. The molecule has 0 radical (unpaired) electrons. The van der Waals surface area contributed by atoms with E-state index in [-0.39, 0.29) is 5.91 Å². The lowest BCUT2D eigenvalue weighted by atomic mass is 10.1. The molecule has 0 bridgehead atoms. The molecule has 1 fully saturated rings. The second-order valence-electron chi connectivity index (χ2n) is 3.87. The Balaban J connectivity index is 2.72. The molecule has 3 heteroatoms. The number of rotatable bonds is 1. The van der Waals surface area contributed by atoms with Crippen molar-refractivity contribution in [2.75, 3.05) is 20.1 Å². The average Bonchev–Trinajstić information content (AvgIpc) is 2.02. The van der Waals surface area contributed by atoms with E-state index in [9.17, 15) is 4.79 Å². The molecular weight excluding hydrogens is 164 g/mol. The summed E-state index contributed by atoms with van der Waals surface area (Å²) >= 11 is 0. The fourth-order valence-corrected chi connectivity index (χ4v) is 2.13. The van der Waals surface area contributed by atoms with Crippen LogP contribution in [0.2, 0.25) is 0 Å². The smallest absolute Gasteiger partial charge is 0.246 e. The van der Waals surface area contributed by atoms with Crippen LogP contribution in [0.4, 0.5) is 0 Å². The Hall–Kier alpha value is -0.830. The van der Waals surface area contributed by atoms with Crippen LogP contribution in [0, 0.1) is 0 Å². The van der Waals surface area contributed by atoms with Crippen molar-refractivity contribution >= 4 is 5.91 Å². The fraction of sp³-hybridized carbons (Fsp3) is 0.700. The zero-order chi connectivity index (χ0) is 10.0. The van der Waals surface area contributed by atoms with Gasteiger partial charge >= 0.3 is 0 Å². The molecule has 1 saturated heterocycles. The first-order chi connectivity index (χ1) is 6.06. The highest BCUT2D eigenvalue weighted by Gasteiger charge is 2.29. The summed E-state index contributed by atoms with van der Waals surface area (Å²) in [4.78, 5) is 15.6. The third kappa shape index (κ3) is 2.10. The monoisotopic (exact) mass is 182 g/mol. The van der Waals surface area contributed by atoms with Gasteiger partial charge in [-0.05, 0) is 27.0 Å². The van der Waals surface area contributed by atoms with Crippen molar-refractivity contribution in [2.45, 2.75) is 25.9 Å². The SMILES string of the molecule is C=CC(=O)N1C(C)CN(C)CC1C. The van der Waals surface area contributed by atoms with Gasteiger partial charge in [-0.1, -0.05) is 6.58 Å². The summed E-state index contributed by atoms with van der Waals surface area (Å²) in [7, 11) is 2.09. The highest BCUT2D eigenvalue weighted by atomic mass is 16.2. The first-order valence-corrected chi connectivity index (χ1v) is 4.69. The van der Waals surface area contributed by atoms with Crippen LogP contribution in [0.1, 0.15) is 13.8 Å². The van der Waals surface area contributed by atoms with Crippen LogP contribution in [0.5, 0.6) is 0 Å². The van der Waals surface area contributed by atoms with Gasteiger partial charge in [-0.3, -0.25) is 4.79 Å². The molecule has 0 saturated carbocycles. The maximum Gasteiger partial charge on any atom is 0.246 e. The summed E-state index contributed by atoms with van der Waals surface area (Å²) in [6.45, 7) is 9.57. The molecule has 0 spiro atoms. The summed E-state index contributed by atoms with van der Waals surface area (Å²) in [6, 6.07) is 0.582. The van der Waals surface area contributed by atoms with Gasteiger partial charge in [-0.2, -0.15) is 0 Å². The third-order valence-electron chi connectivity index (χ3n) is 2.53. The second kappa shape index (κ2) is 3.92. The molecule has 2 unspecified atom stereocenters. The fourth-order valence-electron chi connectivity index (χ4n) is 2.13. The zero-order valence-electron chi connectivity index (χ0n) is 8.66. The summed E-state index contributed by atoms with van der Waals surface area (Å²) in [5.74, 6) is 0.0492. The predicted octanol–water partition coefficient (Wildman–Crippen LogP) is 0.723. The number of piperazine rings is 1. The van der Waals surface area contributed by atoms with Crippen molar-refractivity contribution in [3.63, 3.8) is 0 Å². The molecule has 0 aliphatic carbocycles. The molecule has 0 aromatic carbocycles. The first-order valence-electron chi connectivity index (χ1n) is 4.69. The van der Waals surface area contributed by atoms with E-state index in [0.717, 1.165) is 13.1 Å². The highest BCUT2D eigenvalue weighted by molar-refractivity contribution is 5.87. The van der Waals surface area contributed by atoms with Crippen molar-refractivity contribution in [1.82, 2.24) is 9.80 Å². The quantitative estimate of drug-likeness (QED) is 0.558. The van der Waals surface area contributed by atoms with Crippen LogP contribution in [-0.4, -0.2) is 47.9 Å². The van der Waals surface area contributed by atoms with E-state index in [0.29, 0.717) is 12.1 Å². The average molecular weight is 182 g/mol. The largest absolute Gasteiger partial charge is 0.331 e. The lowest BCUT2D eigenvalue weighted by molar-refractivity contribution is -0.133.